The third-order valence-electron chi connectivity index (χ3n) is 5.46. The lowest BCUT2D eigenvalue weighted by molar-refractivity contribution is -0.135. The molecular weight excluding hydrogens is 276 g/mol. The van der Waals surface area contributed by atoms with Gasteiger partial charge in [-0.25, -0.2) is 0 Å². The van der Waals surface area contributed by atoms with E-state index in [9.17, 15) is 4.79 Å². The summed E-state index contributed by atoms with van der Waals surface area (Å²) in [5, 5.41) is 6.97. The molecule has 0 radical (unpaired) electrons. The molecule has 3 rings (SSSR count). The maximum absolute atomic E-state index is 12.6. The lowest BCUT2D eigenvalue weighted by Gasteiger charge is -2.29. The number of nitrogens with zero attached hydrogens (tertiary/aromatic N) is 2. The van der Waals surface area contributed by atoms with Gasteiger partial charge >= 0.3 is 0 Å². The third kappa shape index (κ3) is 3.73. The first-order valence-corrected chi connectivity index (χ1v) is 9.05. The largest absolute Gasteiger partial charge is 0.354 e. The fourth-order valence-electron chi connectivity index (χ4n) is 3.80. The van der Waals surface area contributed by atoms with Crippen LogP contribution in [0.15, 0.2) is 4.99 Å². The summed E-state index contributed by atoms with van der Waals surface area (Å²) in [7, 11) is 1.83. The van der Waals surface area contributed by atoms with Crippen LogP contribution < -0.4 is 10.6 Å². The Balaban J connectivity index is 1.45. The van der Waals surface area contributed by atoms with Gasteiger partial charge in [-0.3, -0.25) is 9.79 Å². The summed E-state index contributed by atoms with van der Waals surface area (Å²) in [5.41, 5.74) is 0. The average molecular weight is 306 g/mol. The van der Waals surface area contributed by atoms with E-state index in [4.69, 9.17) is 0 Å². The van der Waals surface area contributed by atoms with E-state index in [0.29, 0.717) is 23.9 Å². The van der Waals surface area contributed by atoms with Gasteiger partial charge in [-0.05, 0) is 38.5 Å². The van der Waals surface area contributed by atoms with E-state index in [1.807, 2.05) is 7.05 Å². The molecule has 22 heavy (non-hydrogen) atoms. The smallest absolute Gasteiger partial charge is 0.225 e. The van der Waals surface area contributed by atoms with E-state index in [1.165, 1.54) is 38.5 Å². The Bertz CT molecular complexity index is 413. The van der Waals surface area contributed by atoms with Gasteiger partial charge in [0.15, 0.2) is 5.96 Å². The van der Waals surface area contributed by atoms with Gasteiger partial charge in [0.25, 0.3) is 0 Å². The van der Waals surface area contributed by atoms with Gasteiger partial charge in [0.1, 0.15) is 0 Å². The number of amides is 1. The number of hydrogen-bond acceptors (Lipinski definition) is 2. The normalized spacial score (nSPS) is 27.6. The quantitative estimate of drug-likeness (QED) is 0.618. The van der Waals surface area contributed by atoms with Crippen molar-refractivity contribution in [1.82, 2.24) is 15.5 Å². The van der Waals surface area contributed by atoms with Crippen molar-refractivity contribution in [1.29, 1.82) is 0 Å². The zero-order valence-corrected chi connectivity index (χ0v) is 13.8. The molecule has 0 bridgehead atoms. The number of guanidine groups is 1. The van der Waals surface area contributed by atoms with Crippen molar-refractivity contribution >= 4 is 11.9 Å². The van der Waals surface area contributed by atoms with Gasteiger partial charge in [0.2, 0.25) is 5.91 Å². The van der Waals surface area contributed by atoms with E-state index >= 15 is 0 Å². The van der Waals surface area contributed by atoms with Crippen molar-refractivity contribution in [2.75, 3.05) is 20.1 Å². The van der Waals surface area contributed by atoms with Crippen LogP contribution in [0.1, 0.15) is 57.8 Å². The minimum Gasteiger partial charge on any atom is -0.354 e. The number of hydrogen-bond donors (Lipinski definition) is 2. The Morgan fingerprint density at radius 3 is 2.32 bits per heavy atom. The zero-order valence-electron chi connectivity index (χ0n) is 13.8. The summed E-state index contributed by atoms with van der Waals surface area (Å²) in [6.07, 6.45) is 10.8. The monoisotopic (exact) mass is 306 g/mol. The summed E-state index contributed by atoms with van der Waals surface area (Å²) < 4.78 is 0. The van der Waals surface area contributed by atoms with Crippen molar-refractivity contribution in [2.24, 2.45) is 10.9 Å². The van der Waals surface area contributed by atoms with Gasteiger partial charge in [0.05, 0.1) is 0 Å². The molecule has 124 valence electrons. The van der Waals surface area contributed by atoms with Crippen LogP contribution in [0.2, 0.25) is 0 Å². The van der Waals surface area contributed by atoms with Crippen LogP contribution >= 0.6 is 0 Å². The summed E-state index contributed by atoms with van der Waals surface area (Å²) >= 11 is 0. The van der Waals surface area contributed by atoms with E-state index in [2.05, 4.69) is 20.5 Å². The number of aliphatic imine (C=N–C) groups is 1. The van der Waals surface area contributed by atoms with Gasteiger partial charge in [-0.1, -0.05) is 19.3 Å². The first kappa shape index (κ1) is 15.6. The molecule has 0 spiro atoms. The molecule has 5 heteroatoms. The lowest BCUT2D eigenvalue weighted by atomic mass is 9.88. The predicted molar refractivity (Wildman–Crippen MR) is 88.8 cm³/mol. The van der Waals surface area contributed by atoms with Crippen molar-refractivity contribution in [3.63, 3.8) is 0 Å². The minimum atomic E-state index is 0.292. The zero-order chi connectivity index (χ0) is 15.4. The molecule has 0 aromatic heterocycles. The maximum atomic E-state index is 12.6. The van der Waals surface area contributed by atoms with E-state index in [0.717, 1.165) is 38.3 Å². The molecule has 1 heterocycles. The molecule has 2 saturated carbocycles. The molecule has 3 fully saturated rings. The molecular formula is C17H30N4O. The summed E-state index contributed by atoms with van der Waals surface area (Å²) in [6.45, 7) is 1.73. The Labute approximate surface area is 133 Å². The summed E-state index contributed by atoms with van der Waals surface area (Å²) in [6, 6.07) is 0.936. The van der Waals surface area contributed by atoms with Crippen LogP contribution in [0.5, 0.6) is 0 Å². The SMILES string of the molecule is CN=C(NC1CCC1)NC1CCN(C(=O)C2CCCCC2)C1. The highest BCUT2D eigenvalue weighted by atomic mass is 16.2. The van der Waals surface area contributed by atoms with Gasteiger partial charge in [0, 0.05) is 38.1 Å². The average Bonchev–Trinajstić information content (AvgIpc) is 2.98. The van der Waals surface area contributed by atoms with Crippen LogP contribution in [0.4, 0.5) is 0 Å². The molecule has 1 unspecified atom stereocenters. The highest BCUT2D eigenvalue weighted by Crippen LogP contribution is 2.26. The minimum absolute atomic E-state index is 0.292. The van der Waals surface area contributed by atoms with Gasteiger partial charge < -0.3 is 15.5 Å². The second-order valence-corrected chi connectivity index (χ2v) is 7.09. The number of rotatable bonds is 3. The van der Waals surface area contributed by atoms with Crippen LogP contribution in [-0.4, -0.2) is 49.0 Å². The number of carbonyl (C=O) groups is 1. The predicted octanol–water partition coefficient (Wildman–Crippen LogP) is 1.89. The molecule has 5 nitrogen and oxygen atoms in total. The Morgan fingerprint density at radius 1 is 0.955 bits per heavy atom. The van der Waals surface area contributed by atoms with Crippen molar-refractivity contribution in [3.05, 3.63) is 0 Å². The Morgan fingerprint density at radius 2 is 1.68 bits per heavy atom. The molecule has 0 aromatic rings. The van der Waals surface area contributed by atoms with Crippen LogP contribution in [0.3, 0.4) is 0 Å². The molecule has 3 aliphatic rings. The lowest BCUT2D eigenvalue weighted by Crippen LogP contribution is -2.50. The molecule has 2 aliphatic carbocycles. The number of nitrogens with one attached hydrogen (secondary N) is 2. The number of carbonyl (C=O) groups excluding carboxylic acids is 1. The molecule has 1 amide bonds. The van der Waals surface area contributed by atoms with Crippen LogP contribution in [0, 0.1) is 5.92 Å². The highest BCUT2D eigenvalue weighted by molar-refractivity contribution is 5.81. The molecule has 0 aromatic carbocycles. The highest BCUT2D eigenvalue weighted by Gasteiger charge is 2.32. The van der Waals surface area contributed by atoms with Gasteiger partial charge in [-0.2, -0.15) is 0 Å². The Kier molecular flexibility index (Phi) is 5.21. The fourth-order valence-corrected chi connectivity index (χ4v) is 3.80. The first-order valence-electron chi connectivity index (χ1n) is 9.05. The summed E-state index contributed by atoms with van der Waals surface area (Å²) in [5.74, 6) is 1.59. The topological polar surface area (TPSA) is 56.7 Å². The van der Waals surface area contributed by atoms with Crippen LogP contribution in [-0.2, 0) is 4.79 Å². The molecule has 2 N–H and O–H groups in total. The fraction of sp³-hybridized carbons (Fsp3) is 0.882. The van der Waals surface area contributed by atoms with Crippen molar-refractivity contribution in [3.8, 4) is 0 Å². The number of likely N-dealkylation sites (tertiary alicyclic amines) is 1. The third-order valence-corrected chi connectivity index (χ3v) is 5.46. The van der Waals surface area contributed by atoms with E-state index < -0.39 is 0 Å². The van der Waals surface area contributed by atoms with Crippen LogP contribution in [0.25, 0.3) is 0 Å². The van der Waals surface area contributed by atoms with Crippen molar-refractivity contribution < 1.29 is 4.79 Å². The summed E-state index contributed by atoms with van der Waals surface area (Å²) in [4.78, 5) is 19.0. The van der Waals surface area contributed by atoms with E-state index in [1.54, 1.807) is 0 Å². The maximum Gasteiger partial charge on any atom is 0.225 e. The molecule has 1 saturated heterocycles. The molecule has 1 atom stereocenters. The standard InChI is InChI=1S/C17H30N4O/c1-18-17(19-14-8-5-9-14)20-15-10-11-21(12-15)16(22)13-6-3-2-4-7-13/h13-15H,2-12H2,1H3,(H2,18,19,20). The Hall–Kier alpha value is -1.26. The van der Waals surface area contributed by atoms with Gasteiger partial charge in [-0.15, -0.1) is 0 Å². The second kappa shape index (κ2) is 7.34. The first-order chi connectivity index (χ1) is 10.8. The van der Waals surface area contributed by atoms with E-state index in [-0.39, 0.29) is 0 Å². The second-order valence-electron chi connectivity index (χ2n) is 7.09. The van der Waals surface area contributed by atoms with Crippen molar-refractivity contribution in [2.45, 2.75) is 69.9 Å². The molecule has 1 aliphatic heterocycles.